The van der Waals surface area contributed by atoms with Crippen LogP contribution >= 0.6 is 0 Å². The smallest absolute Gasteiger partial charge is 0.135 e. The first-order valence-corrected chi connectivity index (χ1v) is 5.82. The van der Waals surface area contributed by atoms with E-state index in [4.69, 9.17) is 10.5 Å². The Bertz CT molecular complexity index is 176. The normalized spacial score (nSPS) is 31.7. The fraction of sp³-hybridized carbons (Fsp3) is 1.00. The van der Waals surface area contributed by atoms with Crippen molar-refractivity contribution in [2.75, 3.05) is 13.2 Å². The molecule has 0 radical (unpaired) electrons. The van der Waals surface area contributed by atoms with Crippen LogP contribution in [0.1, 0.15) is 46.5 Å². The highest BCUT2D eigenvalue weighted by molar-refractivity contribution is 5.03. The number of rotatable bonds is 4. The molecule has 0 aromatic rings. The van der Waals surface area contributed by atoms with Crippen LogP contribution in [-0.4, -0.2) is 24.4 Å². The summed E-state index contributed by atoms with van der Waals surface area (Å²) in [6.45, 7) is 8.18. The van der Waals surface area contributed by atoms with Crippen molar-refractivity contribution in [3.63, 3.8) is 0 Å². The molecule has 1 rings (SSSR count). The molecule has 0 aromatic carbocycles. The Morgan fingerprint density at radius 1 is 1.29 bits per heavy atom. The van der Waals surface area contributed by atoms with Gasteiger partial charge in [0.25, 0.3) is 0 Å². The quantitative estimate of drug-likeness (QED) is 0.725. The lowest BCUT2D eigenvalue weighted by Crippen LogP contribution is -2.72. The molecule has 1 aliphatic heterocycles. The average molecular weight is 200 g/mol. The summed E-state index contributed by atoms with van der Waals surface area (Å²) < 4.78 is 5.82. The van der Waals surface area contributed by atoms with Gasteiger partial charge in [-0.1, -0.05) is 27.2 Å². The zero-order valence-electron chi connectivity index (χ0n) is 9.73. The highest BCUT2D eigenvalue weighted by Gasteiger charge is 2.48. The molecule has 1 atom stereocenters. The molecule has 14 heavy (non-hydrogen) atoms. The number of nitrogens with two attached hydrogens (primary N) is 1. The van der Waals surface area contributed by atoms with E-state index in [-0.39, 0.29) is 5.54 Å². The second kappa shape index (κ2) is 4.60. The minimum Gasteiger partial charge on any atom is -0.358 e. The van der Waals surface area contributed by atoms with Crippen LogP contribution in [0.15, 0.2) is 0 Å². The summed E-state index contributed by atoms with van der Waals surface area (Å²) in [5, 5.41) is 3.56. The molecule has 0 aliphatic carbocycles. The van der Waals surface area contributed by atoms with E-state index < -0.39 is 5.72 Å². The monoisotopic (exact) mass is 200 g/mol. The summed E-state index contributed by atoms with van der Waals surface area (Å²) >= 11 is 0. The highest BCUT2D eigenvalue weighted by Crippen LogP contribution is 2.34. The van der Waals surface area contributed by atoms with Gasteiger partial charge in [-0.05, 0) is 19.3 Å². The molecular formula is C11H24N2O. The molecular weight excluding hydrogens is 176 g/mol. The van der Waals surface area contributed by atoms with Crippen molar-refractivity contribution in [1.29, 1.82) is 0 Å². The number of hydrogen-bond acceptors (Lipinski definition) is 3. The molecule has 0 saturated carbocycles. The molecule has 0 aromatic heterocycles. The van der Waals surface area contributed by atoms with Gasteiger partial charge in [-0.2, -0.15) is 0 Å². The third kappa shape index (κ3) is 1.81. The molecule has 1 saturated heterocycles. The molecule has 3 N–H and O–H groups in total. The van der Waals surface area contributed by atoms with Crippen LogP contribution in [0.2, 0.25) is 0 Å². The van der Waals surface area contributed by atoms with E-state index in [1.807, 2.05) is 0 Å². The van der Waals surface area contributed by atoms with Crippen molar-refractivity contribution in [1.82, 2.24) is 5.32 Å². The molecule has 1 aliphatic rings. The van der Waals surface area contributed by atoms with Crippen LogP contribution in [0.4, 0.5) is 0 Å². The van der Waals surface area contributed by atoms with Crippen molar-refractivity contribution in [3.05, 3.63) is 0 Å². The Morgan fingerprint density at radius 2 is 1.93 bits per heavy atom. The number of ether oxygens (including phenoxy) is 1. The first kappa shape index (κ1) is 12.0. The molecule has 84 valence electrons. The molecule has 1 fully saturated rings. The van der Waals surface area contributed by atoms with Gasteiger partial charge in [0.05, 0.1) is 12.1 Å². The summed E-state index contributed by atoms with van der Waals surface area (Å²) in [6.07, 6.45) is 4.06. The first-order valence-electron chi connectivity index (χ1n) is 5.82. The van der Waals surface area contributed by atoms with E-state index in [1.54, 1.807) is 0 Å². The van der Waals surface area contributed by atoms with E-state index in [0.717, 1.165) is 38.8 Å². The Morgan fingerprint density at radius 3 is 2.43 bits per heavy atom. The lowest BCUT2D eigenvalue weighted by molar-refractivity contribution is -0.144. The molecule has 3 nitrogen and oxygen atoms in total. The van der Waals surface area contributed by atoms with Crippen LogP contribution in [0.25, 0.3) is 0 Å². The van der Waals surface area contributed by atoms with Crippen molar-refractivity contribution in [2.45, 2.75) is 57.7 Å². The molecule has 0 amide bonds. The maximum atomic E-state index is 6.39. The summed E-state index contributed by atoms with van der Waals surface area (Å²) in [5.74, 6) is 0. The molecule has 0 bridgehead atoms. The highest BCUT2D eigenvalue weighted by atomic mass is 16.5. The Hall–Kier alpha value is -0.120. The van der Waals surface area contributed by atoms with Crippen LogP contribution in [0, 0.1) is 0 Å². The van der Waals surface area contributed by atoms with Gasteiger partial charge in [-0.3, -0.25) is 0 Å². The maximum absolute atomic E-state index is 6.39. The van der Waals surface area contributed by atoms with E-state index in [2.05, 4.69) is 26.1 Å². The SMILES string of the molecule is CCCC1(N)OCCNC1(CC)CC. The summed E-state index contributed by atoms with van der Waals surface area (Å²) in [7, 11) is 0. The average Bonchev–Trinajstić information content (AvgIpc) is 2.19. The van der Waals surface area contributed by atoms with Crippen molar-refractivity contribution in [3.8, 4) is 0 Å². The van der Waals surface area contributed by atoms with Crippen LogP contribution in [-0.2, 0) is 4.74 Å². The summed E-state index contributed by atoms with van der Waals surface area (Å²) in [5.41, 5.74) is 5.89. The van der Waals surface area contributed by atoms with Crippen LogP contribution < -0.4 is 11.1 Å². The standard InChI is InChI=1S/C11H24N2O/c1-4-7-11(12)10(5-2,6-3)13-8-9-14-11/h13H,4-9,12H2,1-3H3. The maximum Gasteiger partial charge on any atom is 0.135 e. The summed E-state index contributed by atoms with van der Waals surface area (Å²) in [6, 6.07) is 0. The van der Waals surface area contributed by atoms with E-state index in [1.165, 1.54) is 0 Å². The van der Waals surface area contributed by atoms with Crippen LogP contribution in [0.3, 0.4) is 0 Å². The predicted molar refractivity (Wildman–Crippen MR) is 59.1 cm³/mol. The van der Waals surface area contributed by atoms with E-state index in [9.17, 15) is 0 Å². The number of hydrogen-bond donors (Lipinski definition) is 2. The van der Waals surface area contributed by atoms with Gasteiger partial charge in [0, 0.05) is 6.54 Å². The van der Waals surface area contributed by atoms with Crippen LogP contribution in [0.5, 0.6) is 0 Å². The largest absolute Gasteiger partial charge is 0.358 e. The Kier molecular flexibility index (Phi) is 3.93. The number of nitrogens with one attached hydrogen (secondary N) is 1. The van der Waals surface area contributed by atoms with Gasteiger partial charge in [0.1, 0.15) is 5.72 Å². The van der Waals surface area contributed by atoms with Crippen molar-refractivity contribution < 1.29 is 4.74 Å². The molecule has 0 spiro atoms. The van der Waals surface area contributed by atoms with Crippen molar-refractivity contribution in [2.24, 2.45) is 5.73 Å². The fourth-order valence-electron chi connectivity index (χ4n) is 2.59. The van der Waals surface area contributed by atoms with Gasteiger partial charge in [0.2, 0.25) is 0 Å². The lowest BCUT2D eigenvalue weighted by Gasteiger charge is -2.51. The minimum atomic E-state index is -0.469. The minimum absolute atomic E-state index is 0.0265. The van der Waals surface area contributed by atoms with E-state index >= 15 is 0 Å². The Labute approximate surface area is 87.4 Å². The van der Waals surface area contributed by atoms with Gasteiger partial charge in [-0.15, -0.1) is 0 Å². The lowest BCUT2D eigenvalue weighted by atomic mass is 9.78. The van der Waals surface area contributed by atoms with Gasteiger partial charge >= 0.3 is 0 Å². The van der Waals surface area contributed by atoms with Crippen molar-refractivity contribution >= 4 is 0 Å². The third-order valence-electron chi connectivity index (χ3n) is 3.56. The number of morpholine rings is 1. The predicted octanol–water partition coefficient (Wildman–Crippen LogP) is 1.62. The zero-order chi connectivity index (χ0) is 10.7. The summed E-state index contributed by atoms with van der Waals surface area (Å²) in [4.78, 5) is 0. The molecule has 1 heterocycles. The molecule has 1 unspecified atom stereocenters. The van der Waals surface area contributed by atoms with Gasteiger partial charge < -0.3 is 15.8 Å². The van der Waals surface area contributed by atoms with Gasteiger partial charge in [0.15, 0.2) is 0 Å². The van der Waals surface area contributed by atoms with Gasteiger partial charge in [-0.25, -0.2) is 0 Å². The molecule has 3 heteroatoms. The topological polar surface area (TPSA) is 47.3 Å². The first-order chi connectivity index (χ1) is 6.64. The second-order valence-corrected chi connectivity index (χ2v) is 4.20. The second-order valence-electron chi connectivity index (χ2n) is 4.20. The fourth-order valence-corrected chi connectivity index (χ4v) is 2.59. The zero-order valence-corrected chi connectivity index (χ0v) is 9.73. The Balaban J connectivity index is 2.85. The third-order valence-corrected chi connectivity index (χ3v) is 3.56. The van der Waals surface area contributed by atoms with E-state index in [0.29, 0.717) is 0 Å².